The van der Waals surface area contributed by atoms with E-state index in [9.17, 15) is 4.39 Å². The van der Waals surface area contributed by atoms with Gasteiger partial charge in [0.1, 0.15) is 5.82 Å². The molecular weight excluding hydrogens is 289 g/mol. The van der Waals surface area contributed by atoms with E-state index in [4.69, 9.17) is 11.7 Å². The Morgan fingerprint density at radius 1 is 1.00 bits per heavy atom. The molecule has 23 heavy (non-hydrogen) atoms. The third-order valence-electron chi connectivity index (χ3n) is 2.69. The van der Waals surface area contributed by atoms with E-state index in [1.807, 2.05) is 33.0 Å². The van der Waals surface area contributed by atoms with E-state index in [1.54, 1.807) is 31.3 Å². The van der Waals surface area contributed by atoms with Gasteiger partial charge in [-0.15, -0.1) is 6.42 Å². The summed E-state index contributed by atoms with van der Waals surface area (Å²) in [6, 6.07) is 14.0. The third-order valence-corrected chi connectivity index (χ3v) is 2.69. The number of halogens is 1. The first-order valence-electron chi connectivity index (χ1n) is 7.26. The van der Waals surface area contributed by atoms with Crippen LogP contribution in [0.5, 0.6) is 0 Å². The fourth-order valence-electron chi connectivity index (χ4n) is 1.54. The number of rotatable bonds is 2. The predicted octanol–water partition coefficient (Wildman–Crippen LogP) is 4.47. The molecule has 0 amide bonds. The average Bonchev–Trinajstić information content (AvgIpc) is 2.64. The van der Waals surface area contributed by atoms with E-state index in [2.05, 4.69) is 22.6 Å². The molecule has 0 radical (unpaired) electrons. The molecule has 4 heteroatoms. The zero-order chi connectivity index (χ0) is 17.7. The van der Waals surface area contributed by atoms with Crippen LogP contribution < -0.4 is 10.6 Å². The van der Waals surface area contributed by atoms with Gasteiger partial charge < -0.3 is 10.6 Å². The predicted molar refractivity (Wildman–Crippen MR) is 95.9 cm³/mol. The molecule has 0 bridgehead atoms. The van der Waals surface area contributed by atoms with Gasteiger partial charge in [0, 0.05) is 25.5 Å². The number of nitrogens with one attached hydrogen (secondary N) is 2. The summed E-state index contributed by atoms with van der Waals surface area (Å²) in [5.74, 6) is 1.90. The molecule has 120 valence electrons. The number of nitriles is 1. The normalized spacial score (nSPS) is 8.13. The van der Waals surface area contributed by atoms with Crippen molar-refractivity contribution < 1.29 is 4.39 Å². The lowest BCUT2D eigenvalue weighted by molar-refractivity contribution is 0.624. The topological polar surface area (TPSA) is 47.8 Å². The van der Waals surface area contributed by atoms with Crippen molar-refractivity contribution in [1.82, 2.24) is 0 Å². The monoisotopic (exact) mass is 311 g/mol. The van der Waals surface area contributed by atoms with Crippen molar-refractivity contribution in [2.45, 2.75) is 13.8 Å². The van der Waals surface area contributed by atoms with Gasteiger partial charge in [0.2, 0.25) is 0 Å². The highest BCUT2D eigenvalue weighted by Crippen LogP contribution is 2.12. The zero-order valence-corrected chi connectivity index (χ0v) is 13.9. The van der Waals surface area contributed by atoms with E-state index < -0.39 is 0 Å². The van der Waals surface area contributed by atoms with Crippen molar-refractivity contribution >= 4 is 11.4 Å². The van der Waals surface area contributed by atoms with Crippen LogP contribution in [0.1, 0.15) is 25.0 Å². The fraction of sp³-hybridized carbons (Fsp3) is 0.211. The lowest BCUT2D eigenvalue weighted by Crippen LogP contribution is -1.90. The Morgan fingerprint density at radius 3 is 2.13 bits per heavy atom. The summed E-state index contributed by atoms with van der Waals surface area (Å²) in [4.78, 5) is 0. The minimum Gasteiger partial charge on any atom is -0.388 e. The first-order valence-corrected chi connectivity index (χ1v) is 7.26. The molecule has 0 heterocycles. The molecule has 3 nitrogen and oxygen atoms in total. The summed E-state index contributed by atoms with van der Waals surface area (Å²) in [5, 5.41) is 14.3. The minimum absolute atomic E-state index is 0.289. The Balaban J connectivity index is 0.000000381. The maximum Gasteiger partial charge on any atom is 0.138 e. The van der Waals surface area contributed by atoms with Crippen LogP contribution in [-0.2, 0) is 0 Å². The van der Waals surface area contributed by atoms with Crippen molar-refractivity contribution in [1.29, 1.82) is 5.26 Å². The summed E-state index contributed by atoms with van der Waals surface area (Å²) in [7, 11) is 3.59. The van der Waals surface area contributed by atoms with Crippen LogP contribution in [0.3, 0.4) is 0 Å². The summed E-state index contributed by atoms with van der Waals surface area (Å²) < 4.78 is 12.7. The van der Waals surface area contributed by atoms with Gasteiger partial charge in [-0.2, -0.15) is 5.26 Å². The molecule has 0 fully saturated rings. The molecule has 0 saturated heterocycles. The van der Waals surface area contributed by atoms with Gasteiger partial charge in [-0.05, 0) is 36.4 Å². The van der Waals surface area contributed by atoms with E-state index in [0.717, 1.165) is 11.4 Å². The Bertz CT molecular complexity index is 682. The zero-order valence-electron chi connectivity index (χ0n) is 13.9. The van der Waals surface area contributed by atoms with Gasteiger partial charge in [-0.25, -0.2) is 4.39 Å². The van der Waals surface area contributed by atoms with Crippen LogP contribution in [0.2, 0.25) is 0 Å². The second kappa shape index (κ2) is 11.7. The van der Waals surface area contributed by atoms with Gasteiger partial charge in [-0.3, -0.25) is 0 Å². The number of benzene rings is 2. The Labute approximate surface area is 138 Å². The van der Waals surface area contributed by atoms with Crippen LogP contribution in [0.25, 0.3) is 0 Å². The molecule has 0 spiro atoms. The molecule has 2 aromatic rings. The SMILES string of the molecule is C#Cc1cc(NC)ccc1F.CC.CNc1cccc(C#N)c1. The molecule has 2 N–H and O–H groups in total. The Morgan fingerprint density at radius 2 is 1.61 bits per heavy atom. The van der Waals surface area contributed by atoms with Crippen LogP contribution in [0.4, 0.5) is 15.8 Å². The summed E-state index contributed by atoms with van der Waals surface area (Å²) >= 11 is 0. The maximum absolute atomic E-state index is 12.7. The molecule has 0 saturated carbocycles. The first kappa shape index (κ1) is 20.0. The van der Waals surface area contributed by atoms with E-state index in [1.165, 1.54) is 6.07 Å². The number of hydrogen-bond donors (Lipinski definition) is 2. The van der Waals surface area contributed by atoms with Crippen LogP contribution in [-0.4, -0.2) is 14.1 Å². The molecule has 0 aromatic heterocycles. The molecule has 0 unspecified atom stereocenters. The second-order valence-corrected chi connectivity index (χ2v) is 4.03. The highest BCUT2D eigenvalue weighted by molar-refractivity contribution is 5.50. The Hall–Kier alpha value is -2.98. The smallest absolute Gasteiger partial charge is 0.138 e. The van der Waals surface area contributed by atoms with Gasteiger partial charge in [0.15, 0.2) is 0 Å². The van der Waals surface area contributed by atoms with E-state index in [-0.39, 0.29) is 11.4 Å². The van der Waals surface area contributed by atoms with Crippen molar-refractivity contribution in [3.63, 3.8) is 0 Å². The van der Waals surface area contributed by atoms with Crippen LogP contribution in [0.15, 0.2) is 42.5 Å². The van der Waals surface area contributed by atoms with Crippen LogP contribution in [0, 0.1) is 29.5 Å². The van der Waals surface area contributed by atoms with E-state index >= 15 is 0 Å². The van der Waals surface area contributed by atoms with Crippen molar-refractivity contribution in [3.05, 3.63) is 59.4 Å². The van der Waals surface area contributed by atoms with Crippen molar-refractivity contribution in [2.24, 2.45) is 0 Å². The van der Waals surface area contributed by atoms with Gasteiger partial charge in [0.25, 0.3) is 0 Å². The first-order chi connectivity index (χ1) is 11.1. The molecular formula is C19H22FN3. The van der Waals surface area contributed by atoms with Gasteiger partial charge >= 0.3 is 0 Å². The highest BCUT2D eigenvalue weighted by Gasteiger charge is 1.98. The lowest BCUT2D eigenvalue weighted by atomic mass is 10.2. The van der Waals surface area contributed by atoms with E-state index in [0.29, 0.717) is 5.56 Å². The fourth-order valence-corrected chi connectivity index (χ4v) is 1.54. The van der Waals surface area contributed by atoms with Crippen LogP contribution >= 0.6 is 0 Å². The Kier molecular flexibility index (Phi) is 10.1. The largest absolute Gasteiger partial charge is 0.388 e. The highest BCUT2D eigenvalue weighted by atomic mass is 19.1. The number of nitrogens with zero attached hydrogens (tertiary/aromatic N) is 1. The molecule has 2 aromatic carbocycles. The molecule has 0 aliphatic rings. The number of terminal acetylenes is 1. The molecule has 2 rings (SSSR count). The second-order valence-electron chi connectivity index (χ2n) is 4.03. The molecule has 0 aliphatic carbocycles. The molecule has 0 aliphatic heterocycles. The minimum atomic E-state index is -0.355. The third kappa shape index (κ3) is 7.02. The van der Waals surface area contributed by atoms with Crippen molar-refractivity contribution in [2.75, 3.05) is 24.7 Å². The lowest BCUT2D eigenvalue weighted by Gasteiger charge is -2.00. The summed E-state index contributed by atoms with van der Waals surface area (Å²) in [6.07, 6.45) is 5.06. The summed E-state index contributed by atoms with van der Waals surface area (Å²) in [6.45, 7) is 4.00. The average molecular weight is 311 g/mol. The van der Waals surface area contributed by atoms with Gasteiger partial charge in [-0.1, -0.05) is 25.8 Å². The standard InChI is InChI=1S/C9H8FN.C8H8N2.C2H6/c1-3-7-6-8(11-2)4-5-9(7)10;1-10-8-4-2-3-7(5-8)6-9;1-2/h1,4-6,11H,2H3;2-5,10H,1H3;1-2H3. The van der Waals surface area contributed by atoms with Crippen molar-refractivity contribution in [3.8, 4) is 18.4 Å². The number of hydrogen-bond acceptors (Lipinski definition) is 3. The summed E-state index contributed by atoms with van der Waals surface area (Å²) in [5.41, 5.74) is 2.77. The molecule has 0 atom stereocenters. The van der Waals surface area contributed by atoms with Gasteiger partial charge in [0.05, 0.1) is 17.2 Å². The quantitative estimate of drug-likeness (QED) is 0.804. The maximum atomic E-state index is 12.7. The number of anilines is 2.